The summed E-state index contributed by atoms with van der Waals surface area (Å²) in [6, 6.07) is 7.95. The summed E-state index contributed by atoms with van der Waals surface area (Å²) >= 11 is 1.35. The number of nitrogens with zero attached hydrogens (tertiary/aromatic N) is 3. The Hall–Kier alpha value is -2.02. The third-order valence-electron chi connectivity index (χ3n) is 7.21. The number of aromatic nitrogens is 3. The second-order valence-electron chi connectivity index (χ2n) is 9.47. The van der Waals surface area contributed by atoms with Crippen molar-refractivity contribution in [2.45, 2.75) is 50.6 Å². The molecule has 0 aliphatic heterocycles. The summed E-state index contributed by atoms with van der Waals surface area (Å²) in [5.74, 6) is 9.92. The van der Waals surface area contributed by atoms with Crippen LogP contribution in [0.2, 0.25) is 0 Å². The molecule has 1 aromatic carbocycles. The molecular formula is C22H29N5OS. The zero-order valence-electron chi connectivity index (χ0n) is 16.9. The van der Waals surface area contributed by atoms with Crippen molar-refractivity contribution in [2.24, 2.45) is 23.2 Å². The molecule has 4 bridgehead atoms. The summed E-state index contributed by atoms with van der Waals surface area (Å²) in [4.78, 5) is 12.5. The molecule has 154 valence electrons. The van der Waals surface area contributed by atoms with Crippen LogP contribution in [0, 0.1) is 30.1 Å². The molecule has 4 aliphatic carbocycles. The summed E-state index contributed by atoms with van der Waals surface area (Å²) in [6.07, 6.45) is 8.21. The molecule has 1 amide bonds. The number of nitrogens with one attached hydrogen (secondary N) is 1. The highest BCUT2D eigenvalue weighted by Crippen LogP contribution is 2.59. The van der Waals surface area contributed by atoms with Gasteiger partial charge in [0.05, 0.1) is 5.75 Å². The number of nitrogen functional groups attached to an aromatic ring is 1. The Balaban J connectivity index is 1.17. The summed E-state index contributed by atoms with van der Waals surface area (Å²) in [5.41, 5.74) is 2.41. The molecule has 3 N–H and O–H groups in total. The quantitative estimate of drug-likeness (QED) is 0.562. The molecule has 0 atom stereocenters. The van der Waals surface area contributed by atoms with Crippen molar-refractivity contribution in [3.05, 3.63) is 29.8 Å². The molecule has 7 heteroatoms. The van der Waals surface area contributed by atoms with E-state index in [9.17, 15) is 4.79 Å². The number of hydrogen-bond acceptors (Lipinski definition) is 5. The molecule has 0 spiro atoms. The van der Waals surface area contributed by atoms with Gasteiger partial charge in [-0.15, -0.1) is 10.2 Å². The zero-order chi connectivity index (χ0) is 20.0. The summed E-state index contributed by atoms with van der Waals surface area (Å²) < 4.78 is 1.49. The number of hydrogen-bond donors (Lipinski definition) is 2. The van der Waals surface area contributed by atoms with Gasteiger partial charge >= 0.3 is 0 Å². The molecule has 1 heterocycles. The first-order valence-electron chi connectivity index (χ1n) is 10.7. The number of carbonyl (C=O) groups excluding carboxylic acids is 1. The molecule has 4 saturated carbocycles. The summed E-state index contributed by atoms with van der Waals surface area (Å²) in [6.45, 7) is 2.86. The number of aryl methyl sites for hydroxylation is 1. The van der Waals surface area contributed by atoms with Crippen molar-refractivity contribution in [3.63, 3.8) is 0 Å². The number of rotatable bonds is 6. The topological polar surface area (TPSA) is 85.8 Å². The van der Waals surface area contributed by atoms with Crippen LogP contribution in [-0.2, 0) is 4.79 Å². The Morgan fingerprint density at radius 2 is 1.83 bits per heavy atom. The van der Waals surface area contributed by atoms with Crippen molar-refractivity contribution in [2.75, 3.05) is 18.1 Å². The standard InChI is InChI=1S/C22H29N5OS/c1-14-4-2-3-5-18(14)20-25-26-21(27(20)23)29-12-19(28)24-13-22-9-15-6-16(10-22)8-17(7-15)11-22/h2-5,15-17H,6-13,23H2,1H3,(H,24,28). The predicted octanol–water partition coefficient (Wildman–Crippen LogP) is 3.39. The average Bonchev–Trinajstić information content (AvgIpc) is 3.04. The van der Waals surface area contributed by atoms with Crippen LogP contribution in [0.3, 0.4) is 0 Å². The SMILES string of the molecule is Cc1ccccc1-c1nnc(SCC(=O)NCC23CC4CC(CC(C4)C2)C3)n1N. The van der Waals surface area contributed by atoms with Gasteiger partial charge in [-0.25, -0.2) is 4.68 Å². The van der Waals surface area contributed by atoms with Crippen LogP contribution in [0.15, 0.2) is 29.4 Å². The minimum atomic E-state index is 0.0613. The van der Waals surface area contributed by atoms with E-state index < -0.39 is 0 Å². The van der Waals surface area contributed by atoms with Gasteiger partial charge in [0.2, 0.25) is 11.1 Å². The van der Waals surface area contributed by atoms with Gasteiger partial charge < -0.3 is 11.2 Å². The van der Waals surface area contributed by atoms with E-state index in [1.165, 1.54) is 55.0 Å². The Morgan fingerprint density at radius 1 is 1.17 bits per heavy atom. The lowest BCUT2D eigenvalue weighted by atomic mass is 9.49. The summed E-state index contributed by atoms with van der Waals surface area (Å²) in [5, 5.41) is 12.2. The van der Waals surface area contributed by atoms with E-state index in [4.69, 9.17) is 5.84 Å². The molecule has 29 heavy (non-hydrogen) atoms. The Kier molecular flexibility index (Phi) is 4.81. The van der Waals surface area contributed by atoms with Gasteiger partial charge in [0, 0.05) is 12.1 Å². The number of carbonyl (C=O) groups is 1. The largest absolute Gasteiger partial charge is 0.355 e. The number of amides is 1. The second kappa shape index (κ2) is 7.35. The van der Waals surface area contributed by atoms with E-state index in [0.717, 1.165) is 35.4 Å². The maximum absolute atomic E-state index is 12.5. The number of nitrogens with two attached hydrogens (primary N) is 1. The molecular weight excluding hydrogens is 382 g/mol. The van der Waals surface area contributed by atoms with E-state index in [-0.39, 0.29) is 5.91 Å². The highest BCUT2D eigenvalue weighted by molar-refractivity contribution is 7.99. The highest BCUT2D eigenvalue weighted by Gasteiger charge is 2.50. The maximum atomic E-state index is 12.5. The van der Waals surface area contributed by atoms with Gasteiger partial charge in [-0.2, -0.15) is 0 Å². The van der Waals surface area contributed by atoms with Crippen molar-refractivity contribution >= 4 is 17.7 Å². The van der Waals surface area contributed by atoms with Crippen LogP contribution >= 0.6 is 11.8 Å². The Labute approximate surface area is 176 Å². The summed E-state index contributed by atoms with van der Waals surface area (Å²) in [7, 11) is 0. The fourth-order valence-corrected chi connectivity index (χ4v) is 7.04. The fraction of sp³-hybridized carbons (Fsp3) is 0.591. The fourth-order valence-electron chi connectivity index (χ4n) is 6.36. The lowest BCUT2D eigenvalue weighted by Gasteiger charge is -2.56. The van der Waals surface area contributed by atoms with E-state index in [1.54, 1.807) is 0 Å². The van der Waals surface area contributed by atoms with E-state index >= 15 is 0 Å². The lowest BCUT2D eigenvalue weighted by molar-refractivity contribution is -0.120. The first kappa shape index (κ1) is 19.0. The third kappa shape index (κ3) is 3.65. The van der Waals surface area contributed by atoms with Crippen molar-refractivity contribution in [1.29, 1.82) is 0 Å². The molecule has 6 nitrogen and oxygen atoms in total. The van der Waals surface area contributed by atoms with Gasteiger partial charge in [0.25, 0.3) is 0 Å². The zero-order valence-corrected chi connectivity index (χ0v) is 17.8. The van der Waals surface area contributed by atoms with Crippen molar-refractivity contribution < 1.29 is 4.79 Å². The van der Waals surface area contributed by atoms with Gasteiger partial charge in [0.15, 0.2) is 5.82 Å². The minimum Gasteiger partial charge on any atom is -0.355 e. The molecule has 4 fully saturated rings. The maximum Gasteiger partial charge on any atom is 0.230 e. The first-order chi connectivity index (χ1) is 14.0. The second-order valence-corrected chi connectivity index (χ2v) is 10.4. The van der Waals surface area contributed by atoms with Crippen molar-refractivity contribution in [3.8, 4) is 11.4 Å². The monoisotopic (exact) mass is 411 g/mol. The molecule has 2 aromatic rings. The first-order valence-corrected chi connectivity index (χ1v) is 11.7. The van der Waals surface area contributed by atoms with Gasteiger partial charge in [-0.3, -0.25) is 4.79 Å². The number of benzene rings is 1. The van der Waals surface area contributed by atoms with Gasteiger partial charge in [0.1, 0.15) is 0 Å². The van der Waals surface area contributed by atoms with Crippen LogP contribution < -0.4 is 11.2 Å². The van der Waals surface area contributed by atoms with Gasteiger partial charge in [-0.1, -0.05) is 36.0 Å². The van der Waals surface area contributed by atoms with E-state index in [0.29, 0.717) is 22.1 Å². The normalized spacial score (nSPS) is 29.9. The number of thioether (sulfide) groups is 1. The van der Waals surface area contributed by atoms with Crippen LogP contribution in [0.25, 0.3) is 11.4 Å². The predicted molar refractivity (Wildman–Crippen MR) is 115 cm³/mol. The van der Waals surface area contributed by atoms with Gasteiger partial charge in [-0.05, 0) is 74.2 Å². The smallest absolute Gasteiger partial charge is 0.230 e. The Bertz CT molecular complexity index is 888. The lowest BCUT2D eigenvalue weighted by Crippen LogP contribution is -2.51. The minimum absolute atomic E-state index is 0.0613. The van der Waals surface area contributed by atoms with Crippen LogP contribution in [-0.4, -0.2) is 33.1 Å². The van der Waals surface area contributed by atoms with E-state index in [1.807, 2.05) is 31.2 Å². The van der Waals surface area contributed by atoms with Crippen LogP contribution in [0.1, 0.15) is 44.1 Å². The molecule has 1 aromatic heterocycles. The third-order valence-corrected chi connectivity index (χ3v) is 8.15. The van der Waals surface area contributed by atoms with Crippen LogP contribution in [0.5, 0.6) is 0 Å². The molecule has 0 radical (unpaired) electrons. The molecule has 4 aliphatic rings. The van der Waals surface area contributed by atoms with Crippen LogP contribution in [0.4, 0.5) is 0 Å². The van der Waals surface area contributed by atoms with E-state index in [2.05, 4.69) is 15.5 Å². The average molecular weight is 412 g/mol. The Morgan fingerprint density at radius 3 is 2.48 bits per heavy atom. The molecule has 6 rings (SSSR count). The highest BCUT2D eigenvalue weighted by atomic mass is 32.2. The molecule has 0 unspecified atom stereocenters. The van der Waals surface area contributed by atoms with Crippen molar-refractivity contribution in [1.82, 2.24) is 20.2 Å². The molecule has 0 saturated heterocycles.